The SMILES string of the molecule is CNC(=O)OC(C(Oc1ccc(Cl)cc1Cl)n1ccnc1)C(C)(C)CCl. The van der Waals surface area contributed by atoms with E-state index in [0.29, 0.717) is 15.8 Å². The standard InChI is InChI=1S/C17H20Cl3N3O3/c1-17(2,9-18)14(26-16(24)21-3)15(23-7-6-22-10-23)25-13-5-4-11(19)8-12(13)20/h4-8,10,14-15H,9H2,1-3H3,(H,21,24). The normalized spacial score (nSPS) is 13.8. The summed E-state index contributed by atoms with van der Waals surface area (Å²) in [4.78, 5) is 16.0. The van der Waals surface area contributed by atoms with Gasteiger partial charge in [0.1, 0.15) is 5.75 Å². The molecule has 0 saturated heterocycles. The first-order chi connectivity index (χ1) is 12.3. The van der Waals surface area contributed by atoms with Crippen LogP contribution in [0.2, 0.25) is 10.0 Å². The van der Waals surface area contributed by atoms with Gasteiger partial charge >= 0.3 is 6.09 Å². The lowest BCUT2D eigenvalue weighted by atomic mass is 9.87. The smallest absolute Gasteiger partial charge is 0.407 e. The second-order valence-electron chi connectivity index (χ2n) is 6.29. The van der Waals surface area contributed by atoms with E-state index in [9.17, 15) is 4.79 Å². The van der Waals surface area contributed by atoms with Crippen LogP contribution in [0.3, 0.4) is 0 Å². The van der Waals surface area contributed by atoms with E-state index >= 15 is 0 Å². The average Bonchev–Trinajstić information content (AvgIpc) is 3.13. The van der Waals surface area contributed by atoms with Crippen molar-refractivity contribution in [2.24, 2.45) is 5.41 Å². The number of hydrogen-bond acceptors (Lipinski definition) is 4. The van der Waals surface area contributed by atoms with Crippen LogP contribution in [-0.4, -0.2) is 34.7 Å². The summed E-state index contributed by atoms with van der Waals surface area (Å²) in [7, 11) is 1.48. The van der Waals surface area contributed by atoms with Gasteiger partial charge < -0.3 is 14.8 Å². The summed E-state index contributed by atoms with van der Waals surface area (Å²) >= 11 is 18.3. The summed E-state index contributed by atoms with van der Waals surface area (Å²) < 4.78 is 13.4. The van der Waals surface area contributed by atoms with Crippen LogP contribution >= 0.6 is 34.8 Å². The van der Waals surface area contributed by atoms with Gasteiger partial charge in [0.05, 0.1) is 11.3 Å². The van der Waals surface area contributed by atoms with Gasteiger partial charge in [0.25, 0.3) is 0 Å². The lowest BCUT2D eigenvalue weighted by Gasteiger charge is -2.37. The summed E-state index contributed by atoms with van der Waals surface area (Å²) in [5, 5.41) is 3.27. The Morgan fingerprint density at radius 3 is 2.65 bits per heavy atom. The van der Waals surface area contributed by atoms with Crippen molar-refractivity contribution in [3.05, 3.63) is 47.0 Å². The Morgan fingerprint density at radius 1 is 1.38 bits per heavy atom. The first-order valence-corrected chi connectivity index (χ1v) is 9.11. The van der Waals surface area contributed by atoms with E-state index in [1.165, 1.54) is 7.05 Å². The fourth-order valence-corrected chi connectivity index (χ4v) is 2.86. The molecule has 1 aromatic carbocycles. The zero-order valence-electron chi connectivity index (χ0n) is 14.6. The maximum absolute atomic E-state index is 11.9. The van der Waals surface area contributed by atoms with Crippen LogP contribution in [0.1, 0.15) is 20.1 Å². The summed E-state index contributed by atoms with van der Waals surface area (Å²) in [6, 6.07) is 4.89. The van der Waals surface area contributed by atoms with Gasteiger partial charge in [0, 0.05) is 35.8 Å². The molecule has 2 aromatic rings. The Balaban J connectivity index is 2.45. The molecule has 0 aliphatic heterocycles. The number of aromatic nitrogens is 2. The molecule has 142 valence electrons. The van der Waals surface area contributed by atoms with Crippen molar-refractivity contribution >= 4 is 40.9 Å². The molecule has 0 fully saturated rings. The van der Waals surface area contributed by atoms with Gasteiger partial charge in [-0.05, 0) is 18.2 Å². The largest absolute Gasteiger partial charge is 0.465 e. The van der Waals surface area contributed by atoms with E-state index in [2.05, 4.69) is 10.3 Å². The number of nitrogens with one attached hydrogen (secondary N) is 1. The fraction of sp³-hybridized carbons (Fsp3) is 0.412. The monoisotopic (exact) mass is 419 g/mol. The van der Waals surface area contributed by atoms with Crippen LogP contribution < -0.4 is 10.1 Å². The quantitative estimate of drug-likeness (QED) is 0.656. The van der Waals surface area contributed by atoms with Gasteiger partial charge in [-0.15, -0.1) is 11.6 Å². The zero-order chi connectivity index (χ0) is 19.3. The van der Waals surface area contributed by atoms with E-state index < -0.39 is 23.8 Å². The second kappa shape index (κ2) is 8.84. The van der Waals surface area contributed by atoms with Crippen molar-refractivity contribution in [1.82, 2.24) is 14.9 Å². The van der Waals surface area contributed by atoms with Crippen LogP contribution in [0.4, 0.5) is 4.79 Å². The second-order valence-corrected chi connectivity index (χ2v) is 7.40. The van der Waals surface area contributed by atoms with Crippen molar-refractivity contribution in [1.29, 1.82) is 0 Å². The molecule has 2 unspecified atom stereocenters. The number of alkyl halides is 1. The predicted octanol–water partition coefficient (Wildman–Crippen LogP) is 4.76. The molecule has 0 spiro atoms. The predicted molar refractivity (Wildman–Crippen MR) is 102 cm³/mol. The molecule has 0 bridgehead atoms. The molecule has 1 N–H and O–H groups in total. The number of alkyl carbamates (subject to hydrolysis) is 1. The van der Waals surface area contributed by atoms with Gasteiger partial charge in [-0.2, -0.15) is 0 Å². The number of benzene rings is 1. The van der Waals surface area contributed by atoms with Crippen molar-refractivity contribution in [2.75, 3.05) is 12.9 Å². The highest BCUT2D eigenvalue weighted by molar-refractivity contribution is 6.35. The molecule has 0 aliphatic rings. The molecule has 0 aliphatic carbocycles. The summed E-state index contributed by atoms with van der Waals surface area (Å²) in [6.45, 7) is 3.76. The third-order valence-electron chi connectivity index (χ3n) is 3.77. The first kappa shape index (κ1) is 20.7. The van der Waals surface area contributed by atoms with Crippen molar-refractivity contribution < 1.29 is 14.3 Å². The van der Waals surface area contributed by atoms with E-state index in [1.54, 1.807) is 41.5 Å². The molecule has 26 heavy (non-hydrogen) atoms. The maximum atomic E-state index is 11.9. The Kier molecular flexibility index (Phi) is 7.03. The zero-order valence-corrected chi connectivity index (χ0v) is 16.8. The van der Waals surface area contributed by atoms with Crippen molar-refractivity contribution in [2.45, 2.75) is 26.2 Å². The highest BCUT2D eigenvalue weighted by Gasteiger charge is 2.41. The molecule has 6 nitrogen and oxygen atoms in total. The van der Waals surface area contributed by atoms with Gasteiger partial charge in [0.2, 0.25) is 6.23 Å². The number of carbonyl (C=O) groups excluding carboxylic acids is 1. The lowest BCUT2D eigenvalue weighted by molar-refractivity contribution is -0.0727. The van der Waals surface area contributed by atoms with Gasteiger partial charge in [-0.3, -0.25) is 4.57 Å². The Hall–Kier alpha value is -1.63. The lowest BCUT2D eigenvalue weighted by Crippen LogP contribution is -2.45. The van der Waals surface area contributed by atoms with Crippen LogP contribution in [0.15, 0.2) is 36.9 Å². The minimum atomic E-state index is -0.748. The maximum Gasteiger partial charge on any atom is 0.407 e. The molecule has 0 saturated carbocycles. The van der Waals surface area contributed by atoms with E-state index in [1.807, 2.05) is 13.8 Å². The number of nitrogens with zero attached hydrogens (tertiary/aromatic N) is 2. The number of ether oxygens (including phenoxy) is 2. The molecular weight excluding hydrogens is 401 g/mol. The van der Waals surface area contributed by atoms with Gasteiger partial charge in [-0.1, -0.05) is 37.0 Å². The van der Waals surface area contributed by atoms with Crippen LogP contribution in [0.5, 0.6) is 5.75 Å². The third kappa shape index (κ3) is 4.96. The first-order valence-electron chi connectivity index (χ1n) is 7.82. The van der Waals surface area contributed by atoms with Crippen LogP contribution in [-0.2, 0) is 4.74 Å². The molecule has 9 heteroatoms. The summed E-state index contributed by atoms with van der Waals surface area (Å²) in [6.07, 6.45) is 2.80. The van der Waals surface area contributed by atoms with Crippen LogP contribution in [0, 0.1) is 5.41 Å². The number of imidazole rings is 1. The fourth-order valence-electron chi connectivity index (χ4n) is 2.25. The Bertz CT molecular complexity index is 738. The van der Waals surface area contributed by atoms with E-state index in [0.717, 1.165) is 0 Å². The van der Waals surface area contributed by atoms with Crippen molar-refractivity contribution in [3.63, 3.8) is 0 Å². The average molecular weight is 421 g/mol. The minimum absolute atomic E-state index is 0.234. The number of hydrogen-bond donors (Lipinski definition) is 1. The van der Waals surface area contributed by atoms with Crippen LogP contribution in [0.25, 0.3) is 0 Å². The molecule has 1 heterocycles. The molecule has 0 radical (unpaired) electrons. The third-order valence-corrected chi connectivity index (χ3v) is 4.99. The highest BCUT2D eigenvalue weighted by Crippen LogP contribution is 2.37. The molecule has 2 rings (SSSR count). The number of carbonyl (C=O) groups is 1. The highest BCUT2D eigenvalue weighted by atomic mass is 35.5. The molecule has 1 aromatic heterocycles. The van der Waals surface area contributed by atoms with Crippen molar-refractivity contribution in [3.8, 4) is 5.75 Å². The number of amides is 1. The van der Waals surface area contributed by atoms with Gasteiger partial charge in [0.15, 0.2) is 6.10 Å². The van der Waals surface area contributed by atoms with E-state index in [4.69, 9.17) is 44.3 Å². The Labute approximate surface area is 167 Å². The van der Waals surface area contributed by atoms with E-state index in [-0.39, 0.29) is 5.88 Å². The number of rotatable bonds is 7. The Morgan fingerprint density at radius 2 is 2.12 bits per heavy atom. The topological polar surface area (TPSA) is 65.4 Å². The summed E-state index contributed by atoms with van der Waals surface area (Å²) in [5.74, 6) is 0.628. The minimum Gasteiger partial charge on any atom is -0.465 e. The molecule has 1 amide bonds. The molecular formula is C17H20Cl3N3O3. The summed E-state index contributed by atoms with van der Waals surface area (Å²) in [5.41, 5.74) is -0.609. The van der Waals surface area contributed by atoms with Gasteiger partial charge in [-0.25, -0.2) is 9.78 Å². The number of halogens is 3. The molecule has 2 atom stereocenters.